The van der Waals surface area contributed by atoms with E-state index in [2.05, 4.69) is 5.32 Å². The van der Waals surface area contributed by atoms with Crippen molar-refractivity contribution in [3.8, 4) is 5.69 Å². The van der Waals surface area contributed by atoms with Gasteiger partial charge in [-0.05, 0) is 62.3 Å². The maximum absolute atomic E-state index is 13.8. The van der Waals surface area contributed by atoms with Crippen LogP contribution in [0, 0.1) is 13.8 Å². The van der Waals surface area contributed by atoms with Gasteiger partial charge in [-0.25, -0.2) is 4.98 Å². The fraction of sp³-hybridized carbons (Fsp3) is 0.435. The fourth-order valence-corrected chi connectivity index (χ4v) is 6.07. The Bertz CT molecular complexity index is 1180. The lowest BCUT2D eigenvalue weighted by molar-refractivity contribution is -0.118. The van der Waals surface area contributed by atoms with Crippen molar-refractivity contribution < 1.29 is 9.53 Å². The van der Waals surface area contributed by atoms with Crippen LogP contribution in [0.3, 0.4) is 0 Å². The number of carbonyl (C=O) groups excluding carboxylic acids is 1. The van der Waals surface area contributed by atoms with Gasteiger partial charge in [0.1, 0.15) is 4.83 Å². The molecule has 1 amide bonds. The summed E-state index contributed by atoms with van der Waals surface area (Å²) in [5.41, 5.74) is 4.06. The molecule has 4 rings (SSSR count). The highest BCUT2D eigenvalue weighted by atomic mass is 32.2. The first-order valence-corrected chi connectivity index (χ1v) is 12.3. The number of methoxy groups -OCH3 is 1. The number of carbonyl (C=O) groups is 1. The zero-order valence-corrected chi connectivity index (χ0v) is 19.8. The second kappa shape index (κ2) is 9.54. The Morgan fingerprint density at radius 3 is 2.90 bits per heavy atom. The number of hydrogen-bond acceptors (Lipinski definition) is 6. The normalized spacial score (nSPS) is 13.4. The van der Waals surface area contributed by atoms with E-state index in [0.29, 0.717) is 18.3 Å². The molecule has 0 fully saturated rings. The van der Waals surface area contributed by atoms with Crippen LogP contribution in [0.25, 0.3) is 15.9 Å². The van der Waals surface area contributed by atoms with E-state index in [9.17, 15) is 9.59 Å². The predicted octanol–water partition coefficient (Wildman–Crippen LogP) is 3.80. The maximum Gasteiger partial charge on any atom is 0.267 e. The van der Waals surface area contributed by atoms with Gasteiger partial charge < -0.3 is 10.1 Å². The lowest BCUT2D eigenvalue weighted by Gasteiger charge is -2.16. The van der Waals surface area contributed by atoms with Crippen molar-refractivity contribution in [2.75, 3.05) is 26.0 Å². The van der Waals surface area contributed by atoms with Crippen LogP contribution in [0.1, 0.15) is 34.4 Å². The summed E-state index contributed by atoms with van der Waals surface area (Å²) in [6, 6.07) is 6.08. The summed E-state index contributed by atoms with van der Waals surface area (Å²) >= 11 is 2.94. The number of thioether (sulfide) groups is 1. The second-order valence-corrected chi connectivity index (χ2v) is 9.87. The van der Waals surface area contributed by atoms with Crippen LogP contribution in [0.4, 0.5) is 0 Å². The van der Waals surface area contributed by atoms with Gasteiger partial charge in [0.05, 0.1) is 23.4 Å². The zero-order chi connectivity index (χ0) is 22.0. The first kappa shape index (κ1) is 22.0. The molecule has 1 aliphatic carbocycles. The minimum absolute atomic E-state index is 0.0274. The van der Waals surface area contributed by atoms with Crippen LogP contribution < -0.4 is 10.9 Å². The molecule has 1 aliphatic rings. The highest BCUT2D eigenvalue weighted by molar-refractivity contribution is 7.99. The molecule has 0 unspecified atom stereocenters. The first-order chi connectivity index (χ1) is 15.0. The molecular formula is C23H27N3O3S2. The molecule has 0 aliphatic heterocycles. The van der Waals surface area contributed by atoms with Crippen LogP contribution >= 0.6 is 23.1 Å². The Balaban J connectivity index is 1.80. The third-order valence-electron chi connectivity index (χ3n) is 5.52. The van der Waals surface area contributed by atoms with Gasteiger partial charge in [0.25, 0.3) is 5.56 Å². The van der Waals surface area contributed by atoms with Gasteiger partial charge in [-0.15, -0.1) is 11.3 Å². The monoisotopic (exact) mass is 457 g/mol. The van der Waals surface area contributed by atoms with Crippen molar-refractivity contribution in [2.45, 2.75) is 44.7 Å². The molecule has 0 saturated carbocycles. The van der Waals surface area contributed by atoms with Gasteiger partial charge in [0.15, 0.2) is 5.16 Å². The van der Waals surface area contributed by atoms with Gasteiger partial charge in [0, 0.05) is 18.5 Å². The average molecular weight is 458 g/mol. The van der Waals surface area contributed by atoms with Crippen molar-refractivity contribution in [2.24, 2.45) is 0 Å². The van der Waals surface area contributed by atoms with Gasteiger partial charge >= 0.3 is 0 Å². The number of rotatable bonds is 7. The summed E-state index contributed by atoms with van der Waals surface area (Å²) in [5.74, 6) is 0.0897. The molecule has 0 saturated heterocycles. The number of thiophene rings is 1. The molecular weight excluding hydrogens is 430 g/mol. The molecule has 1 aromatic carbocycles. The minimum atomic E-state index is -0.102. The smallest absolute Gasteiger partial charge is 0.267 e. The zero-order valence-electron chi connectivity index (χ0n) is 18.1. The molecule has 8 heteroatoms. The van der Waals surface area contributed by atoms with Crippen LogP contribution in [0.5, 0.6) is 0 Å². The lowest BCUT2D eigenvalue weighted by atomic mass is 9.97. The molecule has 31 heavy (non-hydrogen) atoms. The molecule has 1 N–H and O–H groups in total. The number of benzene rings is 1. The Hall–Kier alpha value is -2.16. The van der Waals surface area contributed by atoms with Crippen LogP contribution in [0.15, 0.2) is 28.2 Å². The highest BCUT2D eigenvalue weighted by Crippen LogP contribution is 2.35. The standard InChI is InChI=1S/C23H27N3O3S2/c1-14-8-9-15(2)17(12-14)26-22(28)20-16-6-4-5-7-18(16)31-21(20)25-23(26)30-13-19(27)24-10-11-29-3/h8-9,12H,4-7,10-11,13H2,1-3H3,(H,24,27). The van der Waals surface area contributed by atoms with E-state index in [4.69, 9.17) is 9.72 Å². The van der Waals surface area contributed by atoms with Gasteiger partial charge in [-0.3, -0.25) is 14.2 Å². The number of ether oxygens (including phenoxy) is 1. The minimum Gasteiger partial charge on any atom is -0.383 e. The molecule has 3 aromatic rings. The molecule has 0 radical (unpaired) electrons. The summed E-state index contributed by atoms with van der Waals surface area (Å²) in [6.45, 7) is 4.95. The fourth-order valence-electron chi connectivity index (χ4n) is 3.93. The summed E-state index contributed by atoms with van der Waals surface area (Å²) < 4.78 is 6.69. The summed E-state index contributed by atoms with van der Waals surface area (Å²) in [7, 11) is 1.60. The largest absolute Gasteiger partial charge is 0.383 e. The molecule has 0 bridgehead atoms. The van der Waals surface area contributed by atoms with E-state index in [0.717, 1.165) is 52.7 Å². The third kappa shape index (κ3) is 4.56. The lowest BCUT2D eigenvalue weighted by Crippen LogP contribution is -2.29. The number of hydrogen-bond donors (Lipinski definition) is 1. The van der Waals surface area contributed by atoms with Crippen LogP contribution in [0.2, 0.25) is 0 Å². The molecule has 2 aromatic heterocycles. The number of nitrogens with zero attached hydrogens (tertiary/aromatic N) is 2. The van der Waals surface area contributed by atoms with Gasteiger partial charge in [-0.1, -0.05) is 23.9 Å². The van der Waals surface area contributed by atoms with Gasteiger partial charge in [-0.2, -0.15) is 0 Å². The predicted molar refractivity (Wildman–Crippen MR) is 127 cm³/mol. The number of amides is 1. The number of aromatic nitrogens is 2. The third-order valence-corrected chi connectivity index (χ3v) is 7.65. The summed E-state index contributed by atoms with van der Waals surface area (Å²) in [5, 5.41) is 4.15. The summed E-state index contributed by atoms with van der Waals surface area (Å²) in [6.07, 6.45) is 4.23. The van der Waals surface area contributed by atoms with Crippen molar-refractivity contribution in [3.63, 3.8) is 0 Å². The van der Waals surface area contributed by atoms with E-state index in [1.165, 1.54) is 22.2 Å². The molecule has 164 valence electrons. The van der Waals surface area contributed by atoms with Crippen LogP contribution in [-0.4, -0.2) is 41.5 Å². The van der Waals surface area contributed by atoms with Crippen molar-refractivity contribution >= 4 is 39.2 Å². The van der Waals surface area contributed by atoms with Crippen LogP contribution in [-0.2, 0) is 22.4 Å². The molecule has 6 nitrogen and oxygen atoms in total. The number of nitrogens with one attached hydrogen (secondary N) is 1. The Morgan fingerprint density at radius 2 is 2.10 bits per heavy atom. The highest BCUT2D eigenvalue weighted by Gasteiger charge is 2.23. The van der Waals surface area contributed by atoms with E-state index in [-0.39, 0.29) is 17.2 Å². The van der Waals surface area contributed by atoms with Crippen molar-refractivity contribution in [1.29, 1.82) is 0 Å². The molecule has 0 atom stereocenters. The second-order valence-electron chi connectivity index (χ2n) is 7.85. The topological polar surface area (TPSA) is 73.2 Å². The Kier molecular flexibility index (Phi) is 6.79. The quantitative estimate of drug-likeness (QED) is 0.332. The van der Waals surface area contributed by atoms with E-state index >= 15 is 0 Å². The van der Waals surface area contributed by atoms with Crippen molar-refractivity contribution in [1.82, 2.24) is 14.9 Å². The first-order valence-electron chi connectivity index (χ1n) is 10.5. The average Bonchev–Trinajstić information content (AvgIpc) is 3.13. The van der Waals surface area contributed by atoms with Crippen molar-refractivity contribution in [3.05, 3.63) is 50.1 Å². The number of fused-ring (bicyclic) bond motifs is 3. The van der Waals surface area contributed by atoms with E-state index < -0.39 is 0 Å². The molecule has 0 spiro atoms. The number of aryl methyl sites for hydroxylation is 4. The van der Waals surface area contributed by atoms with E-state index in [1.54, 1.807) is 23.0 Å². The molecule has 2 heterocycles. The van der Waals surface area contributed by atoms with Gasteiger partial charge in [0.2, 0.25) is 5.91 Å². The SMILES string of the molecule is COCCNC(=O)CSc1nc2sc3c(c2c(=O)n1-c1cc(C)ccc1C)CCCC3. The Morgan fingerprint density at radius 1 is 1.29 bits per heavy atom. The Labute approximate surface area is 190 Å². The maximum atomic E-state index is 13.8. The van der Waals surface area contributed by atoms with E-state index in [1.807, 2.05) is 32.0 Å². The summed E-state index contributed by atoms with van der Waals surface area (Å²) in [4.78, 5) is 33.0.